The van der Waals surface area contributed by atoms with Gasteiger partial charge in [0, 0.05) is 36.0 Å². The number of aryl methyl sites for hydroxylation is 1. The van der Waals surface area contributed by atoms with Crippen molar-refractivity contribution < 1.29 is 4.79 Å². The highest BCUT2D eigenvalue weighted by Gasteiger charge is 2.27. The molecule has 1 aliphatic rings. The fourth-order valence-electron chi connectivity index (χ4n) is 3.73. The number of nitrogens with zero attached hydrogens (tertiary/aromatic N) is 2. The van der Waals surface area contributed by atoms with Crippen molar-refractivity contribution in [2.45, 2.75) is 26.2 Å². The standard InChI is InChI=1S/C23H25N5O/c1-5-7-15-12-25-23(29)17-10-19(27-20(15)17)16-8-6-9-18-21(16)28-22(14(4)26-18)24-11-13(2)3/h5-6,8-10,15,27H,1-2,7,11-12H2,3-4H3,(H,24,28)(H,25,29)/t15-/m0/s1. The van der Waals surface area contributed by atoms with Gasteiger partial charge in [0.15, 0.2) is 0 Å². The molecule has 0 unspecified atom stereocenters. The molecule has 0 saturated heterocycles. The molecule has 0 fully saturated rings. The van der Waals surface area contributed by atoms with Gasteiger partial charge in [-0.2, -0.15) is 0 Å². The van der Waals surface area contributed by atoms with Gasteiger partial charge in [-0.15, -0.1) is 6.58 Å². The molecule has 1 amide bonds. The Morgan fingerprint density at radius 2 is 2.17 bits per heavy atom. The second kappa shape index (κ2) is 7.54. The molecule has 2 aromatic heterocycles. The summed E-state index contributed by atoms with van der Waals surface area (Å²) in [5, 5.41) is 6.27. The van der Waals surface area contributed by atoms with E-state index in [4.69, 9.17) is 9.97 Å². The smallest absolute Gasteiger partial charge is 0.253 e. The number of anilines is 1. The molecule has 6 heteroatoms. The highest BCUT2D eigenvalue weighted by atomic mass is 16.1. The Balaban J connectivity index is 1.83. The second-order valence-electron chi connectivity index (χ2n) is 7.58. The number of nitrogens with one attached hydrogen (secondary N) is 3. The summed E-state index contributed by atoms with van der Waals surface area (Å²) in [6, 6.07) is 7.84. The third kappa shape index (κ3) is 3.53. The van der Waals surface area contributed by atoms with E-state index in [1.807, 2.05) is 44.2 Å². The molecule has 0 spiro atoms. The lowest BCUT2D eigenvalue weighted by atomic mass is 9.94. The molecule has 4 rings (SSSR count). The van der Waals surface area contributed by atoms with E-state index in [1.54, 1.807) is 0 Å². The lowest BCUT2D eigenvalue weighted by Gasteiger charge is -2.21. The van der Waals surface area contributed by atoms with Crippen LogP contribution in [0.15, 0.2) is 49.1 Å². The van der Waals surface area contributed by atoms with Gasteiger partial charge in [-0.3, -0.25) is 4.79 Å². The zero-order chi connectivity index (χ0) is 20.5. The summed E-state index contributed by atoms with van der Waals surface area (Å²) in [6.07, 6.45) is 2.69. The monoisotopic (exact) mass is 387 g/mol. The number of benzene rings is 1. The molecule has 3 heterocycles. The molecule has 1 atom stereocenters. The number of carbonyl (C=O) groups is 1. The lowest BCUT2D eigenvalue weighted by molar-refractivity contribution is 0.0940. The molecule has 0 aliphatic carbocycles. The van der Waals surface area contributed by atoms with Crippen LogP contribution in [0.25, 0.3) is 22.3 Å². The number of allylic oxidation sites excluding steroid dienone is 1. The summed E-state index contributed by atoms with van der Waals surface area (Å²) in [7, 11) is 0. The van der Waals surface area contributed by atoms with Crippen molar-refractivity contribution in [3.8, 4) is 11.3 Å². The molecule has 3 aromatic rings. The molecular weight excluding hydrogens is 362 g/mol. The van der Waals surface area contributed by atoms with E-state index in [-0.39, 0.29) is 11.8 Å². The SMILES string of the molecule is C=CC[C@H]1CNC(=O)c2cc(-c3cccc4nc(C)c(NCC(=C)C)nc34)[nH]c21. The molecule has 0 saturated carbocycles. The Labute approximate surface area is 170 Å². The number of hydrogen-bond acceptors (Lipinski definition) is 4. The fourth-order valence-corrected chi connectivity index (χ4v) is 3.73. The van der Waals surface area contributed by atoms with Gasteiger partial charge in [-0.1, -0.05) is 30.4 Å². The number of amides is 1. The average molecular weight is 387 g/mol. The Kier molecular flexibility index (Phi) is 4.92. The van der Waals surface area contributed by atoms with Crippen LogP contribution in [0.5, 0.6) is 0 Å². The van der Waals surface area contributed by atoms with Crippen LogP contribution < -0.4 is 10.6 Å². The number of rotatable bonds is 6. The molecule has 1 aromatic carbocycles. The van der Waals surface area contributed by atoms with Crippen LogP contribution in [-0.2, 0) is 0 Å². The molecule has 3 N–H and O–H groups in total. The molecule has 148 valence electrons. The highest BCUT2D eigenvalue weighted by Crippen LogP contribution is 2.33. The van der Waals surface area contributed by atoms with Gasteiger partial charge >= 0.3 is 0 Å². The Hall–Kier alpha value is -3.41. The number of H-pyrrole nitrogens is 1. The van der Waals surface area contributed by atoms with Crippen LogP contribution in [0, 0.1) is 6.92 Å². The van der Waals surface area contributed by atoms with Crippen molar-refractivity contribution in [2.75, 3.05) is 18.4 Å². The van der Waals surface area contributed by atoms with Crippen molar-refractivity contribution >= 4 is 22.8 Å². The van der Waals surface area contributed by atoms with Crippen molar-refractivity contribution in [3.63, 3.8) is 0 Å². The summed E-state index contributed by atoms with van der Waals surface area (Å²) in [5.74, 6) is 0.894. The largest absolute Gasteiger partial charge is 0.365 e. The summed E-state index contributed by atoms with van der Waals surface area (Å²) in [4.78, 5) is 25.4. The van der Waals surface area contributed by atoms with Crippen molar-refractivity contribution in [2.24, 2.45) is 0 Å². The minimum atomic E-state index is -0.0474. The van der Waals surface area contributed by atoms with Gasteiger partial charge < -0.3 is 15.6 Å². The van der Waals surface area contributed by atoms with Gasteiger partial charge in [0.25, 0.3) is 5.91 Å². The topological polar surface area (TPSA) is 82.7 Å². The van der Waals surface area contributed by atoms with Crippen LogP contribution in [0.3, 0.4) is 0 Å². The Morgan fingerprint density at radius 3 is 2.93 bits per heavy atom. The van der Waals surface area contributed by atoms with E-state index in [0.29, 0.717) is 18.7 Å². The summed E-state index contributed by atoms with van der Waals surface area (Å²) in [5.41, 5.74) is 6.92. The number of aromatic amines is 1. The van der Waals surface area contributed by atoms with Crippen molar-refractivity contribution in [1.82, 2.24) is 20.3 Å². The van der Waals surface area contributed by atoms with Crippen LogP contribution in [0.4, 0.5) is 5.82 Å². The molecular formula is C23H25N5O. The maximum atomic E-state index is 12.4. The fraction of sp³-hybridized carbons (Fsp3) is 0.261. The summed E-state index contributed by atoms with van der Waals surface area (Å²) < 4.78 is 0. The third-order valence-electron chi connectivity index (χ3n) is 5.18. The number of aromatic nitrogens is 3. The predicted molar refractivity (Wildman–Crippen MR) is 117 cm³/mol. The van der Waals surface area contributed by atoms with E-state index in [0.717, 1.165) is 51.5 Å². The van der Waals surface area contributed by atoms with Gasteiger partial charge in [-0.05, 0) is 32.4 Å². The first kappa shape index (κ1) is 18.9. The summed E-state index contributed by atoms with van der Waals surface area (Å²) in [6.45, 7) is 12.9. The predicted octanol–water partition coefficient (Wildman–Crippen LogP) is 4.32. The molecule has 29 heavy (non-hydrogen) atoms. The van der Waals surface area contributed by atoms with Crippen molar-refractivity contribution in [3.05, 3.63) is 66.0 Å². The zero-order valence-electron chi connectivity index (χ0n) is 16.8. The number of hydrogen-bond donors (Lipinski definition) is 3. The normalized spacial score (nSPS) is 15.7. The molecule has 0 radical (unpaired) electrons. The van der Waals surface area contributed by atoms with Gasteiger partial charge in [0.1, 0.15) is 11.3 Å². The minimum Gasteiger partial charge on any atom is -0.365 e. The van der Waals surface area contributed by atoms with E-state index < -0.39 is 0 Å². The third-order valence-corrected chi connectivity index (χ3v) is 5.18. The van der Waals surface area contributed by atoms with Gasteiger partial charge in [0.2, 0.25) is 0 Å². The molecule has 1 aliphatic heterocycles. The minimum absolute atomic E-state index is 0.0474. The van der Waals surface area contributed by atoms with E-state index in [1.165, 1.54) is 0 Å². The van der Waals surface area contributed by atoms with Crippen LogP contribution in [0.1, 0.15) is 41.0 Å². The van der Waals surface area contributed by atoms with Crippen molar-refractivity contribution in [1.29, 1.82) is 0 Å². The first-order valence-corrected chi connectivity index (χ1v) is 9.76. The van der Waals surface area contributed by atoms with E-state index in [2.05, 4.69) is 28.8 Å². The van der Waals surface area contributed by atoms with E-state index >= 15 is 0 Å². The first-order valence-electron chi connectivity index (χ1n) is 9.76. The number of carbonyl (C=O) groups excluding carboxylic acids is 1. The van der Waals surface area contributed by atoms with E-state index in [9.17, 15) is 4.79 Å². The second-order valence-corrected chi connectivity index (χ2v) is 7.58. The average Bonchev–Trinajstić information content (AvgIpc) is 3.14. The Bertz CT molecular complexity index is 1130. The van der Waals surface area contributed by atoms with Crippen LogP contribution >= 0.6 is 0 Å². The maximum absolute atomic E-state index is 12.4. The summed E-state index contributed by atoms with van der Waals surface area (Å²) >= 11 is 0. The quantitative estimate of drug-likeness (QED) is 0.550. The first-order chi connectivity index (χ1) is 14.0. The Morgan fingerprint density at radius 1 is 1.34 bits per heavy atom. The van der Waals surface area contributed by atoms with Gasteiger partial charge in [-0.25, -0.2) is 9.97 Å². The molecule has 0 bridgehead atoms. The maximum Gasteiger partial charge on any atom is 0.253 e. The zero-order valence-corrected chi connectivity index (χ0v) is 16.8. The van der Waals surface area contributed by atoms with Gasteiger partial charge in [0.05, 0.1) is 16.8 Å². The lowest BCUT2D eigenvalue weighted by Crippen LogP contribution is -2.34. The number of para-hydroxylation sites is 1. The highest BCUT2D eigenvalue weighted by molar-refractivity contribution is 6.00. The molecule has 6 nitrogen and oxygen atoms in total. The number of fused-ring (bicyclic) bond motifs is 2. The van der Waals surface area contributed by atoms with Crippen LogP contribution in [0.2, 0.25) is 0 Å². The van der Waals surface area contributed by atoms with Crippen LogP contribution in [-0.4, -0.2) is 33.9 Å².